The molecule has 0 bridgehead atoms. The van der Waals surface area contributed by atoms with Crippen molar-refractivity contribution in [3.8, 4) is 5.75 Å². The Hall–Kier alpha value is -1.52. The molecule has 1 N–H and O–H groups in total. The molecule has 2 heterocycles. The van der Waals surface area contributed by atoms with Crippen LogP contribution in [0.1, 0.15) is 25.3 Å². The third-order valence-electron chi connectivity index (χ3n) is 4.49. The monoisotopic (exact) mass is 336 g/mol. The number of rotatable bonds is 4. The molecule has 0 spiro atoms. The Morgan fingerprint density at radius 2 is 2.04 bits per heavy atom. The van der Waals surface area contributed by atoms with Crippen molar-refractivity contribution in [3.63, 3.8) is 0 Å². The van der Waals surface area contributed by atoms with Crippen LogP contribution in [0.3, 0.4) is 0 Å². The SMILES string of the molecule is CCNCC1CCN(C(=O)C2=Cc3ccccc3OC2)CC1.Cl. The van der Waals surface area contributed by atoms with Crippen LogP contribution < -0.4 is 10.1 Å². The summed E-state index contributed by atoms with van der Waals surface area (Å²) in [6, 6.07) is 7.86. The predicted molar refractivity (Wildman–Crippen MR) is 95.0 cm³/mol. The molecule has 0 unspecified atom stereocenters. The van der Waals surface area contributed by atoms with E-state index in [0.29, 0.717) is 12.5 Å². The third kappa shape index (κ3) is 4.27. The van der Waals surface area contributed by atoms with E-state index < -0.39 is 0 Å². The van der Waals surface area contributed by atoms with Gasteiger partial charge < -0.3 is 15.0 Å². The van der Waals surface area contributed by atoms with Crippen LogP contribution in [0.5, 0.6) is 5.75 Å². The fourth-order valence-corrected chi connectivity index (χ4v) is 3.13. The number of carbonyl (C=O) groups is 1. The van der Waals surface area contributed by atoms with Crippen molar-refractivity contribution >= 4 is 24.4 Å². The first-order valence-corrected chi connectivity index (χ1v) is 8.20. The highest BCUT2D eigenvalue weighted by Crippen LogP contribution is 2.27. The molecule has 23 heavy (non-hydrogen) atoms. The van der Waals surface area contributed by atoms with Gasteiger partial charge in [0.1, 0.15) is 12.4 Å². The van der Waals surface area contributed by atoms with Crippen LogP contribution in [0, 0.1) is 5.92 Å². The Balaban J connectivity index is 0.00000192. The molecule has 3 rings (SSSR count). The maximum atomic E-state index is 12.6. The molecular weight excluding hydrogens is 312 g/mol. The minimum absolute atomic E-state index is 0. The van der Waals surface area contributed by atoms with Gasteiger partial charge in [0, 0.05) is 18.7 Å². The minimum atomic E-state index is 0. The number of halogens is 1. The Kier molecular flexibility index (Phi) is 6.48. The second-order valence-electron chi connectivity index (χ2n) is 6.04. The molecule has 1 amide bonds. The van der Waals surface area contributed by atoms with Gasteiger partial charge in [-0.05, 0) is 44.0 Å². The van der Waals surface area contributed by atoms with Crippen LogP contribution in [0.4, 0.5) is 0 Å². The first-order chi connectivity index (χ1) is 10.8. The quantitative estimate of drug-likeness (QED) is 0.919. The first-order valence-electron chi connectivity index (χ1n) is 8.20. The van der Waals surface area contributed by atoms with E-state index in [1.807, 2.05) is 35.2 Å². The van der Waals surface area contributed by atoms with Gasteiger partial charge in [0.2, 0.25) is 0 Å². The summed E-state index contributed by atoms with van der Waals surface area (Å²) in [5.74, 6) is 1.70. The number of piperidine rings is 1. The highest BCUT2D eigenvalue weighted by molar-refractivity contribution is 5.99. The number of para-hydroxylation sites is 1. The molecule has 0 aliphatic carbocycles. The van der Waals surface area contributed by atoms with E-state index in [9.17, 15) is 4.79 Å². The van der Waals surface area contributed by atoms with E-state index in [1.165, 1.54) is 0 Å². The average Bonchev–Trinajstić information content (AvgIpc) is 2.59. The van der Waals surface area contributed by atoms with Gasteiger partial charge in [-0.1, -0.05) is 25.1 Å². The number of carbonyl (C=O) groups excluding carboxylic acids is 1. The van der Waals surface area contributed by atoms with Crippen molar-refractivity contribution in [3.05, 3.63) is 35.4 Å². The van der Waals surface area contributed by atoms with Crippen LogP contribution in [-0.4, -0.2) is 43.6 Å². The molecule has 1 aromatic carbocycles. The zero-order chi connectivity index (χ0) is 15.4. The lowest BCUT2D eigenvalue weighted by molar-refractivity contribution is -0.128. The van der Waals surface area contributed by atoms with E-state index in [-0.39, 0.29) is 18.3 Å². The molecule has 0 radical (unpaired) electrons. The highest BCUT2D eigenvalue weighted by Gasteiger charge is 2.26. The van der Waals surface area contributed by atoms with E-state index in [1.54, 1.807) is 0 Å². The smallest absolute Gasteiger partial charge is 0.253 e. The number of hydrogen-bond acceptors (Lipinski definition) is 3. The number of amides is 1. The average molecular weight is 337 g/mol. The molecule has 2 aliphatic heterocycles. The van der Waals surface area contributed by atoms with E-state index in [4.69, 9.17) is 4.74 Å². The summed E-state index contributed by atoms with van der Waals surface area (Å²) in [6.45, 7) is 6.31. The summed E-state index contributed by atoms with van der Waals surface area (Å²) >= 11 is 0. The van der Waals surface area contributed by atoms with E-state index in [0.717, 1.165) is 55.9 Å². The minimum Gasteiger partial charge on any atom is -0.488 e. The van der Waals surface area contributed by atoms with Gasteiger partial charge in [-0.3, -0.25) is 4.79 Å². The standard InChI is InChI=1S/C18H24N2O2.ClH/c1-2-19-12-14-7-9-20(10-8-14)18(21)16-11-15-5-3-4-6-17(15)22-13-16;/h3-6,11,14,19H,2,7-10,12-13H2,1H3;1H. The van der Waals surface area contributed by atoms with Crippen molar-refractivity contribution in [2.75, 3.05) is 32.8 Å². The van der Waals surface area contributed by atoms with Crippen LogP contribution in [-0.2, 0) is 4.79 Å². The van der Waals surface area contributed by atoms with Crippen LogP contribution in [0.15, 0.2) is 29.8 Å². The van der Waals surface area contributed by atoms with Gasteiger partial charge in [-0.15, -0.1) is 12.4 Å². The highest BCUT2D eigenvalue weighted by atomic mass is 35.5. The molecule has 0 atom stereocenters. The summed E-state index contributed by atoms with van der Waals surface area (Å²) in [4.78, 5) is 14.6. The Morgan fingerprint density at radius 1 is 1.30 bits per heavy atom. The number of ether oxygens (including phenoxy) is 1. The molecule has 1 saturated heterocycles. The number of nitrogens with one attached hydrogen (secondary N) is 1. The molecule has 0 aromatic heterocycles. The molecule has 5 heteroatoms. The second kappa shape index (κ2) is 8.37. The zero-order valence-corrected chi connectivity index (χ0v) is 14.4. The fourth-order valence-electron chi connectivity index (χ4n) is 3.13. The van der Waals surface area contributed by atoms with Crippen molar-refractivity contribution in [2.24, 2.45) is 5.92 Å². The van der Waals surface area contributed by atoms with Gasteiger partial charge in [0.25, 0.3) is 5.91 Å². The molecule has 1 fully saturated rings. The van der Waals surface area contributed by atoms with Gasteiger partial charge in [0.05, 0.1) is 5.57 Å². The van der Waals surface area contributed by atoms with Gasteiger partial charge >= 0.3 is 0 Å². The van der Waals surface area contributed by atoms with Crippen molar-refractivity contribution in [1.29, 1.82) is 0 Å². The number of hydrogen-bond donors (Lipinski definition) is 1. The lowest BCUT2D eigenvalue weighted by Crippen LogP contribution is -2.42. The van der Waals surface area contributed by atoms with Gasteiger partial charge in [0.15, 0.2) is 0 Å². The van der Waals surface area contributed by atoms with Crippen LogP contribution in [0.2, 0.25) is 0 Å². The van der Waals surface area contributed by atoms with E-state index in [2.05, 4.69) is 12.2 Å². The number of likely N-dealkylation sites (tertiary alicyclic amines) is 1. The van der Waals surface area contributed by atoms with Crippen LogP contribution in [0.25, 0.3) is 6.08 Å². The summed E-state index contributed by atoms with van der Waals surface area (Å²) in [5, 5.41) is 3.40. The molecule has 2 aliphatic rings. The molecule has 0 saturated carbocycles. The fraction of sp³-hybridized carbons (Fsp3) is 0.500. The number of nitrogens with zero attached hydrogens (tertiary/aromatic N) is 1. The van der Waals surface area contributed by atoms with Crippen molar-refractivity contribution < 1.29 is 9.53 Å². The second-order valence-corrected chi connectivity index (χ2v) is 6.04. The summed E-state index contributed by atoms with van der Waals surface area (Å²) < 4.78 is 5.70. The van der Waals surface area contributed by atoms with Gasteiger partial charge in [-0.2, -0.15) is 0 Å². The lowest BCUT2D eigenvalue weighted by atomic mass is 9.96. The Morgan fingerprint density at radius 3 is 2.78 bits per heavy atom. The first kappa shape index (κ1) is 17.8. The lowest BCUT2D eigenvalue weighted by Gasteiger charge is -2.33. The van der Waals surface area contributed by atoms with Gasteiger partial charge in [-0.25, -0.2) is 0 Å². The largest absolute Gasteiger partial charge is 0.488 e. The normalized spacial score (nSPS) is 17.6. The molecule has 1 aromatic rings. The topological polar surface area (TPSA) is 41.6 Å². The van der Waals surface area contributed by atoms with Crippen molar-refractivity contribution in [1.82, 2.24) is 10.2 Å². The predicted octanol–water partition coefficient (Wildman–Crippen LogP) is 2.73. The number of benzene rings is 1. The maximum absolute atomic E-state index is 12.6. The Labute approximate surface area is 144 Å². The summed E-state index contributed by atoms with van der Waals surface area (Å²) in [5.41, 5.74) is 1.77. The molecule has 126 valence electrons. The van der Waals surface area contributed by atoms with Crippen LogP contribution >= 0.6 is 12.4 Å². The number of fused-ring (bicyclic) bond motifs is 1. The Bertz CT molecular complexity index is 566. The van der Waals surface area contributed by atoms with Crippen molar-refractivity contribution in [2.45, 2.75) is 19.8 Å². The molecule has 4 nitrogen and oxygen atoms in total. The third-order valence-corrected chi connectivity index (χ3v) is 4.49. The maximum Gasteiger partial charge on any atom is 0.253 e. The van der Waals surface area contributed by atoms with E-state index >= 15 is 0 Å². The zero-order valence-electron chi connectivity index (χ0n) is 13.6. The summed E-state index contributed by atoms with van der Waals surface area (Å²) in [7, 11) is 0. The summed E-state index contributed by atoms with van der Waals surface area (Å²) in [6.07, 6.45) is 4.15. The molecular formula is C18H25ClN2O2.